The number of benzene rings is 1. The normalized spacial score (nSPS) is 10.6. The van der Waals surface area contributed by atoms with Gasteiger partial charge in [0, 0.05) is 37.1 Å². The first-order chi connectivity index (χ1) is 12.1. The molecule has 3 aromatic rings. The Kier molecular flexibility index (Phi) is 5.39. The molecule has 0 amide bonds. The zero-order chi connectivity index (χ0) is 17.6. The molecule has 0 aliphatic heterocycles. The van der Waals surface area contributed by atoms with Gasteiger partial charge in [0.25, 0.3) is 0 Å². The minimum absolute atomic E-state index is 0.243. The van der Waals surface area contributed by atoms with E-state index in [0.717, 1.165) is 17.7 Å². The van der Waals surface area contributed by atoms with E-state index >= 15 is 0 Å². The number of anilines is 1. The quantitative estimate of drug-likeness (QED) is 0.664. The Labute approximate surface area is 150 Å². The molecular formula is C17H19FN6S. The van der Waals surface area contributed by atoms with Gasteiger partial charge in [-0.1, -0.05) is 12.1 Å². The predicted molar refractivity (Wildman–Crippen MR) is 98.7 cm³/mol. The third-order valence-corrected chi connectivity index (χ3v) is 3.85. The summed E-state index contributed by atoms with van der Waals surface area (Å²) in [6.45, 7) is 4.05. The number of rotatable bonds is 6. The van der Waals surface area contributed by atoms with Crippen molar-refractivity contribution in [2.75, 3.05) is 5.32 Å². The lowest BCUT2D eigenvalue weighted by Crippen LogP contribution is -2.28. The lowest BCUT2D eigenvalue weighted by molar-refractivity contribution is 0.624. The lowest BCUT2D eigenvalue weighted by Gasteiger charge is -2.07. The average Bonchev–Trinajstić information content (AvgIpc) is 3.24. The van der Waals surface area contributed by atoms with E-state index in [1.54, 1.807) is 16.8 Å². The van der Waals surface area contributed by atoms with Crippen LogP contribution in [0.2, 0.25) is 0 Å². The number of nitrogens with one attached hydrogen (secondary N) is 2. The molecule has 3 rings (SSSR count). The van der Waals surface area contributed by atoms with Gasteiger partial charge >= 0.3 is 0 Å². The minimum Gasteiger partial charge on any atom is -0.358 e. The van der Waals surface area contributed by atoms with Gasteiger partial charge in [-0.25, -0.2) is 4.39 Å². The average molecular weight is 358 g/mol. The minimum atomic E-state index is -0.243. The number of hydrogen-bond acceptors (Lipinski definition) is 3. The number of nitrogens with zero attached hydrogens (tertiary/aromatic N) is 4. The van der Waals surface area contributed by atoms with Gasteiger partial charge < -0.3 is 10.6 Å². The van der Waals surface area contributed by atoms with Gasteiger partial charge in [-0.05, 0) is 36.8 Å². The van der Waals surface area contributed by atoms with Crippen molar-refractivity contribution in [3.63, 3.8) is 0 Å². The van der Waals surface area contributed by atoms with Crippen molar-refractivity contribution in [2.24, 2.45) is 0 Å². The zero-order valence-electron chi connectivity index (χ0n) is 13.8. The van der Waals surface area contributed by atoms with E-state index in [2.05, 4.69) is 20.8 Å². The number of halogens is 1. The van der Waals surface area contributed by atoms with Crippen LogP contribution < -0.4 is 10.6 Å². The molecule has 0 radical (unpaired) electrons. The summed E-state index contributed by atoms with van der Waals surface area (Å²) in [5, 5.41) is 15.3. The van der Waals surface area contributed by atoms with E-state index in [1.165, 1.54) is 12.1 Å². The third-order valence-electron chi connectivity index (χ3n) is 3.60. The summed E-state index contributed by atoms with van der Waals surface area (Å²) in [7, 11) is 0. The molecule has 2 N–H and O–H groups in total. The Hall–Kier alpha value is -2.74. The van der Waals surface area contributed by atoms with Crippen LogP contribution in [-0.4, -0.2) is 24.7 Å². The van der Waals surface area contributed by atoms with E-state index in [9.17, 15) is 4.39 Å². The summed E-state index contributed by atoms with van der Waals surface area (Å²) in [5.74, 6) is 0.413. The molecule has 0 aliphatic rings. The maximum Gasteiger partial charge on any atom is 0.172 e. The molecule has 25 heavy (non-hydrogen) atoms. The first kappa shape index (κ1) is 17.1. The van der Waals surface area contributed by atoms with E-state index in [4.69, 9.17) is 12.2 Å². The maximum absolute atomic E-state index is 12.9. The lowest BCUT2D eigenvalue weighted by atomic mass is 10.2. The summed E-state index contributed by atoms with van der Waals surface area (Å²) < 4.78 is 16.6. The first-order valence-corrected chi connectivity index (χ1v) is 8.37. The van der Waals surface area contributed by atoms with Crippen LogP contribution in [0.5, 0.6) is 0 Å². The van der Waals surface area contributed by atoms with Gasteiger partial charge in [-0.2, -0.15) is 10.2 Å². The van der Waals surface area contributed by atoms with Crippen molar-refractivity contribution in [3.05, 3.63) is 65.9 Å². The van der Waals surface area contributed by atoms with E-state index in [0.29, 0.717) is 24.0 Å². The molecule has 6 nitrogen and oxygen atoms in total. The van der Waals surface area contributed by atoms with Crippen LogP contribution in [0.15, 0.2) is 48.9 Å². The van der Waals surface area contributed by atoms with Gasteiger partial charge in [-0.15, -0.1) is 0 Å². The van der Waals surface area contributed by atoms with Crippen LogP contribution in [0.3, 0.4) is 0 Å². The van der Waals surface area contributed by atoms with Gasteiger partial charge in [0.05, 0.1) is 12.7 Å². The van der Waals surface area contributed by atoms with Crippen LogP contribution in [0.1, 0.15) is 18.1 Å². The maximum atomic E-state index is 12.9. The highest BCUT2D eigenvalue weighted by Gasteiger charge is 2.04. The number of aromatic nitrogens is 4. The molecule has 1 aromatic carbocycles. The molecule has 0 fully saturated rings. The smallest absolute Gasteiger partial charge is 0.172 e. The second kappa shape index (κ2) is 7.89. The van der Waals surface area contributed by atoms with Gasteiger partial charge in [0.1, 0.15) is 5.82 Å². The summed E-state index contributed by atoms with van der Waals surface area (Å²) in [6, 6.07) is 8.21. The summed E-state index contributed by atoms with van der Waals surface area (Å²) in [6.07, 6.45) is 5.64. The van der Waals surface area contributed by atoms with Crippen LogP contribution >= 0.6 is 12.2 Å². The van der Waals surface area contributed by atoms with Gasteiger partial charge in [0.15, 0.2) is 10.9 Å². The van der Waals surface area contributed by atoms with Crippen LogP contribution in [0.4, 0.5) is 10.2 Å². The fourth-order valence-corrected chi connectivity index (χ4v) is 2.48. The van der Waals surface area contributed by atoms with Crippen molar-refractivity contribution in [3.8, 4) is 0 Å². The van der Waals surface area contributed by atoms with Crippen molar-refractivity contribution >= 4 is 23.1 Å². The highest BCUT2D eigenvalue weighted by atomic mass is 32.1. The number of thiocarbonyl (C=S) groups is 1. The summed E-state index contributed by atoms with van der Waals surface area (Å²) in [5.41, 5.74) is 2.04. The standard InChI is InChI=1S/C17H19FN6S/c1-2-23-12-14(10-20-23)9-19-17(25)21-16-7-8-24(22-16)11-13-3-5-15(18)6-4-13/h3-8,10,12H,2,9,11H2,1H3,(H2,19,21,22,25). The molecule has 2 aromatic heterocycles. The Morgan fingerprint density at radius 2 is 1.96 bits per heavy atom. The van der Waals surface area contributed by atoms with Crippen molar-refractivity contribution < 1.29 is 4.39 Å². The largest absolute Gasteiger partial charge is 0.358 e. The molecule has 0 saturated heterocycles. The zero-order valence-corrected chi connectivity index (χ0v) is 14.6. The number of hydrogen-bond donors (Lipinski definition) is 2. The van der Waals surface area contributed by atoms with Crippen LogP contribution in [0.25, 0.3) is 0 Å². The van der Waals surface area contributed by atoms with Crippen LogP contribution in [-0.2, 0) is 19.6 Å². The monoisotopic (exact) mass is 358 g/mol. The molecule has 0 bridgehead atoms. The summed E-state index contributed by atoms with van der Waals surface area (Å²) >= 11 is 5.28. The van der Waals surface area contributed by atoms with E-state index in [-0.39, 0.29) is 5.82 Å². The molecular weight excluding hydrogens is 339 g/mol. The van der Waals surface area contributed by atoms with E-state index in [1.807, 2.05) is 36.3 Å². The number of aryl methyl sites for hydroxylation is 1. The van der Waals surface area contributed by atoms with E-state index < -0.39 is 0 Å². The van der Waals surface area contributed by atoms with Crippen LogP contribution in [0, 0.1) is 5.82 Å². The molecule has 0 unspecified atom stereocenters. The Bertz CT molecular complexity index is 839. The van der Waals surface area contributed by atoms with Gasteiger partial charge in [-0.3, -0.25) is 9.36 Å². The molecule has 2 heterocycles. The van der Waals surface area contributed by atoms with Crippen molar-refractivity contribution in [1.29, 1.82) is 0 Å². The van der Waals surface area contributed by atoms with Crippen molar-refractivity contribution in [1.82, 2.24) is 24.9 Å². The molecule has 8 heteroatoms. The second-order valence-corrected chi connectivity index (χ2v) is 5.95. The van der Waals surface area contributed by atoms with Gasteiger partial charge in [0.2, 0.25) is 0 Å². The Morgan fingerprint density at radius 1 is 1.16 bits per heavy atom. The SMILES string of the molecule is CCn1cc(CNC(=S)Nc2ccn(Cc3ccc(F)cc3)n2)cn1. The van der Waals surface area contributed by atoms with Crippen molar-refractivity contribution in [2.45, 2.75) is 26.6 Å². The first-order valence-electron chi connectivity index (χ1n) is 7.96. The summed E-state index contributed by atoms with van der Waals surface area (Å²) in [4.78, 5) is 0. The third kappa shape index (κ3) is 4.87. The fourth-order valence-electron chi connectivity index (χ4n) is 2.31. The molecule has 130 valence electrons. The topological polar surface area (TPSA) is 59.7 Å². The Balaban J connectivity index is 1.50. The predicted octanol–water partition coefficient (Wildman–Crippen LogP) is 2.77. The highest BCUT2D eigenvalue weighted by Crippen LogP contribution is 2.08. The molecule has 0 aliphatic carbocycles. The molecule has 0 saturated carbocycles. The second-order valence-electron chi connectivity index (χ2n) is 5.54. The fraction of sp³-hybridized carbons (Fsp3) is 0.235. The highest BCUT2D eigenvalue weighted by molar-refractivity contribution is 7.80. The molecule has 0 spiro atoms. The Morgan fingerprint density at radius 3 is 2.68 bits per heavy atom. The molecule has 0 atom stereocenters.